The number of methoxy groups -OCH3 is 1. The number of amides is 2. The summed E-state index contributed by atoms with van der Waals surface area (Å²) in [5, 5.41) is 19.4. The summed E-state index contributed by atoms with van der Waals surface area (Å²) >= 11 is 1.12. The van der Waals surface area contributed by atoms with Crippen molar-refractivity contribution >= 4 is 35.0 Å². The van der Waals surface area contributed by atoms with Crippen molar-refractivity contribution in [2.45, 2.75) is 19.8 Å². The van der Waals surface area contributed by atoms with Gasteiger partial charge in [0.2, 0.25) is 5.91 Å². The van der Waals surface area contributed by atoms with E-state index in [1.165, 1.54) is 13.2 Å². The van der Waals surface area contributed by atoms with Crippen molar-refractivity contribution in [3.63, 3.8) is 0 Å². The minimum Gasteiger partial charge on any atom is -0.495 e. The molecule has 3 aromatic rings. The summed E-state index contributed by atoms with van der Waals surface area (Å²) in [5.41, 5.74) is 3.13. The summed E-state index contributed by atoms with van der Waals surface area (Å²) in [5.74, 6) is -1.85. The van der Waals surface area contributed by atoms with Crippen molar-refractivity contribution < 1.29 is 18.7 Å². The molecule has 1 heterocycles. The molecule has 0 aromatic heterocycles. The first kappa shape index (κ1) is 27.5. The van der Waals surface area contributed by atoms with Crippen LogP contribution < -0.4 is 20.7 Å². The number of para-hydroxylation sites is 2. The molecule has 198 valence electrons. The van der Waals surface area contributed by atoms with Gasteiger partial charge in [0.25, 0.3) is 5.91 Å². The van der Waals surface area contributed by atoms with Crippen LogP contribution >= 0.6 is 11.8 Å². The van der Waals surface area contributed by atoms with Crippen molar-refractivity contribution in [3.05, 3.63) is 112 Å². The maximum absolute atomic E-state index is 15.1. The van der Waals surface area contributed by atoms with Gasteiger partial charge in [-0.05, 0) is 44.2 Å². The number of nitrogens with one attached hydrogen (secondary N) is 3. The smallest absolute Gasteiger partial charge is 0.254 e. The molecule has 0 spiro atoms. The van der Waals surface area contributed by atoms with Gasteiger partial charge >= 0.3 is 0 Å². The Kier molecular flexibility index (Phi) is 8.69. The van der Waals surface area contributed by atoms with E-state index in [9.17, 15) is 14.9 Å². The Labute approximate surface area is 230 Å². The minimum atomic E-state index is -0.991. The van der Waals surface area contributed by atoms with Crippen LogP contribution in [0, 0.1) is 24.1 Å². The molecule has 0 aliphatic carbocycles. The lowest BCUT2D eigenvalue weighted by molar-refractivity contribution is -0.114. The fraction of sp³-hybridized carbons (Fsp3) is 0.167. The number of hydrogen-bond acceptors (Lipinski definition) is 6. The summed E-state index contributed by atoms with van der Waals surface area (Å²) in [6.45, 7) is 3.64. The highest BCUT2D eigenvalue weighted by atomic mass is 32.2. The third-order valence-corrected chi connectivity index (χ3v) is 7.16. The highest BCUT2D eigenvalue weighted by Crippen LogP contribution is 2.42. The third kappa shape index (κ3) is 6.30. The molecule has 1 atom stereocenters. The largest absolute Gasteiger partial charge is 0.495 e. The van der Waals surface area contributed by atoms with Crippen molar-refractivity contribution in [2.24, 2.45) is 0 Å². The van der Waals surface area contributed by atoms with Gasteiger partial charge in [0, 0.05) is 22.5 Å². The fourth-order valence-electron chi connectivity index (χ4n) is 4.26. The molecule has 1 aliphatic heterocycles. The number of aryl methyl sites for hydroxylation is 1. The summed E-state index contributed by atoms with van der Waals surface area (Å²) < 4.78 is 20.5. The van der Waals surface area contributed by atoms with E-state index in [0.717, 1.165) is 17.3 Å². The van der Waals surface area contributed by atoms with Crippen molar-refractivity contribution in [3.8, 4) is 11.8 Å². The quantitative estimate of drug-likeness (QED) is 0.330. The van der Waals surface area contributed by atoms with E-state index in [0.29, 0.717) is 27.9 Å². The topological polar surface area (TPSA) is 103 Å². The lowest BCUT2D eigenvalue weighted by atomic mass is 9.82. The number of hydrogen-bond donors (Lipinski definition) is 3. The number of nitrogens with zero attached hydrogens (tertiary/aromatic N) is 1. The lowest BCUT2D eigenvalue weighted by Crippen LogP contribution is -2.31. The van der Waals surface area contributed by atoms with Crippen LogP contribution in [-0.2, 0) is 9.59 Å². The summed E-state index contributed by atoms with van der Waals surface area (Å²) in [6, 6.07) is 22.5. The number of carbonyl (C=O) groups is 2. The first-order valence-electron chi connectivity index (χ1n) is 12.1. The average Bonchev–Trinajstić information content (AvgIpc) is 2.93. The Bertz CT molecular complexity index is 1510. The first-order valence-corrected chi connectivity index (χ1v) is 13.1. The van der Waals surface area contributed by atoms with E-state index in [4.69, 9.17) is 4.74 Å². The molecule has 39 heavy (non-hydrogen) atoms. The predicted octanol–water partition coefficient (Wildman–Crippen LogP) is 5.85. The predicted molar refractivity (Wildman–Crippen MR) is 152 cm³/mol. The first-order chi connectivity index (χ1) is 18.8. The number of dihydropyridines is 1. The average molecular weight is 543 g/mol. The van der Waals surface area contributed by atoms with Crippen molar-refractivity contribution in [1.29, 1.82) is 5.26 Å². The van der Waals surface area contributed by atoms with Gasteiger partial charge in [0.15, 0.2) is 0 Å². The standard InChI is InChI=1S/C30H27FN4O3S/c1-18-12-14-20(15-13-18)34-26(36)17-39-30-22(16-32)28(21-8-4-5-9-23(21)31)27(19(2)33-30)29(37)35-24-10-6-7-11-25(24)38-3/h4-15,28,33H,17H2,1-3H3,(H,34,36)(H,35,37)/t28-/m1/s1. The second-order valence-electron chi connectivity index (χ2n) is 8.83. The SMILES string of the molecule is COc1ccccc1NC(=O)C1=C(C)NC(SCC(=O)Nc2ccc(C)cc2)=C(C#N)[C@H]1c1ccccc1F. The molecular formula is C30H27FN4O3S. The molecular weight excluding hydrogens is 515 g/mol. The van der Waals surface area contributed by atoms with Crippen LogP contribution in [0.3, 0.4) is 0 Å². The molecule has 1 aliphatic rings. The van der Waals surface area contributed by atoms with Gasteiger partial charge in [0.1, 0.15) is 11.6 Å². The number of carbonyl (C=O) groups excluding carboxylic acids is 2. The highest BCUT2D eigenvalue weighted by molar-refractivity contribution is 8.03. The van der Waals surface area contributed by atoms with Gasteiger partial charge in [-0.15, -0.1) is 0 Å². The molecule has 3 aromatic carbocycles. The monoisotopic (exact) mass is 542 g/mol. The Balaban J connectivity index is 1.65. The molecule has 0 bridgehead atoms. The summed E-state index contributed by atoms with van der Waals surface area (Å²) in [4.78, 5) is 26.3. The zero-order chi connectivity index (χ0) is 27.9. The third-order valence-electron chi connectivity index (χ3n) is 6.15. The Morgan fingerprint density at radius 1 is 1.03 bits per heavy atom. The molecule has 9 heteroatoms. The number of rotatable bonds is 8. The zero-order valence-corrected chi connectivity index (χ0v) is 22.5. The van der Waals surface area contributed by atoms with E-state index >= 15 is 4.39 Å². The molecule has 0 unspecified atom stereocenters. The number of allylic oxidation sites excluding steroid dienone is 2. The maximum atomic E-state index is 15.1. The van der Waals surface area contributed by atoms with Crippen LogP contribution in [0.4, 0.5) is 15.8 Å². The van der Waals surface area contributed by atoms with Gasteiger partial charge in [-0.1, -0.05) is 59.8 Å². The van der Waals surface area contributed by atoms with Crippen LogP contribution in [0.1, 0.15) is 24.0 Å². The Morgan fingerprint density at radius 3 is 2.41 bits per heavy atom. The molecule has 3 N–H and O–H groups in total. The van der Waals surface area contributed by atoms with E-state index in [1.54, 1.807) is 49.4 Å². The fourth-order valence-corrected chi connectivity index (χ4v) is 5.15. The minimum absolute atomic E-state index is 0.00139. The van der Waals surface area contributed by atoms with Crippen molar-refractivity contribution in [1.82, 2.24) is 5.32 Å². The van der Waals surface area contributed by atoms with E-state index in [1.807, 2.05) is 31.2 Å². The van der Waals surface area contributed by atoms with Gasteiger partial charge in [-0.3, -0.25) is 9.59 Å². The lowest BCUT2D eigenvalue weighted by Gasteiger charge is -2.30. The van der Waals surface area contributed by atoms with Crippen LogP contribution in [0.5, 0.6) is 5.75 Å². The molecule has 0 saturated heterocycles. The van der Waals surface area contributed by atoms with Gasteiger partial charge < -0.3 is 20.7 Å². The highest BCUT2D eigenvalue weighted by Gasteiger charge is 2.36. The second kappa shape index (κ2) is 12.3. The molecule has 0 saturated carbocycles. The van der Waals surface area contributed by atoms with Crippen LogP contribution in [0.2, 0.25) is 0 Å². The number of benzene rings is 3. The zero-order valence-electron chi connectivity index (χ0n) is 21.7. The number of halogens is 1. The molecule has 0 radical (unpaired) electrons. The Hall–Kier alpha value is -4.55. The summed E-state index contributed by atoms with van der Waals surface area (Å²) in [7, 11) is 1.49. The van der Waals surface area contributed by atoms with E-state index in [-0.39, 0.29) is 28.4 Å². The molecule has 0 fully saturated rings. The molecule has 7 nitrogen and oxygen atoms in total. The van der Waals surface area contributed by atoms with Crippen LogP contribution in [0.15, 0.2) is 94.7 Å². The van der Waals surface area contributed by atoms with Gasteiger partial charge in [0.05, 0.1) is 41.1 Å². The molecule has 4 rings (SSSR count). The van der Waals surface area contributed by atoms with Crippen LogP contribution in [0.25, 0.3) is 0 Å². The normalized spacial score (nSPS) is 14.8. The maximum Gasteiger partial charge on any atom is 0.254 e. The number of ether oxygens (including phenoxy) is 1. The van der Waals surface area contributed by atoms with Crippen LogP contribution in [-0.4, -0.2) is 24.7 Å². The molecule has 2 amide bonds. The van der Waals surface area contributed by atoms with Gasteiger partial charge in [-0.25, -0.2) is 4.39 Å². The summed E-state index contributed by atoms with van der Waals surface area (Å²) in [6.07, 6.45) is 0. The number of thioether (sulfide) groups is 1. The van der Waals surface area contributed by atoms with Crippen molar-refractivity contribution in [2.75, 3.05) is 23.5 Å². The number of anilines is 2. The second-order valence-corrected chi connectivity index (χ2v) is 9.82. The number of nitriles is 1. The van der Waals surface area contributed by atoms with E-state index in [2.05, 4.69) is 22.0 Å². The van der Waals surface area contributed by atoms with E-state index < -0.39 is 17.6 Å². The van der Waals surface area contributed by atoms with Gasteiger partial charge in [-0.2, -0.15) is 5.26 Å². The Morgan fingerprint density at radius 2 is 1.72 bits per heavy atom.